The Kier molecular flexibility index (Phi) is 6.88. The molecule has 0 aliphatic rings. The molecule has 0 aliphatic carbocycles. The van der Waals surface area contributed by atoms with Gasteiger partial charge in [0, 0.05) is 11.0 Å². The van der Waals surface area contributed by atoms with Gasteiger partial charge in [0.15, 0.2) is 0 Å². The van der Waals surface area contributed by atoms with E-state index in [1.165, 1.54) is 0 Å². The van der Waals surface area contributed by atoms with Crippen LogP contribution in [0.25, 0.3) is 0 Å². The first-order valence-electron chi connectivity index (χ1n) is 7.25. The van der Waals surface area contributed by atoms with E-state index in [0.717, 1.165) is 10.0 Å². The Labute approximate surface area is 141 Å². The Bertz CT molecular complexity index is 517. The summed E-state index contributed by atoms with van der Waals surface area (Å²) in [4.78, 5) is 14.2. The van der Waals surface area contributed by atoms with Crippen molar-refractivity contribution in [1.29, 1.82) is 0 Å². The number of ether oxygens (including phenoxy) is 1. The summed E-state index contributed by atoms with van der Waals surface area (Å²) in [6.45, 7) is 13.6. The molecule has 1 aromatic rings. The summed E-state index contributed by atoms with van der Waals surface area (Å²) in [7, 11) is 0. The second kappa shape index (κ2) is 8.18. The maximum atomic E-state index is 12.5. The smallest absolute Gasteiger partial charge is 0.411 e. The molecule has 1 aromatic carbocycles. The quantitative estimate of drug-likeness (QED) is 0.623. The highest BCUT2D eigenvalue weighted by molar-refractivity contribution is 9.10. The zero-order valence-corrected chi connectivity index (χ0v) is 15.1. The molecule has 0 fully saturated rings. The largest absolute Gasteiger partial charge is 0.444 e. The van der Waals surface area contributed by atoms with Crippen LogP contribution in [-0.4, -0.2) is 23.1 Å². The fourth-order valence-corrected chi connectivity index (χ4v) is 2.34. The van der Waals surface area contributed by atoms with E-state index in [4.69, 9.17) is 4.74 Å². The van der Waals surface area contributed by atoms with E-state index in [1.54, 1.807) is 11.0 Å². The average molecular weight is 366 g/mol. The van der Waals surface area contributed by atoms with Crippen LogP contribution < -0.4 is 0 Å². The summed E-state index contributed by atoms with van der Waals surface area (Å²) in [6.07, 6.45) is 3.82. The monoisotopic (exact) mass is 365 g/mol. The molecule has 1 atom stereocenters. The lowest BCUT2D eigenvalue weighted by molar-refractivity contribution is 0.0187. The molecule has 1 rings (SSSR count). The second-order valence-electron chi connectivity index (χ2n) is 6.01. The minimum absolute atomic E-state index is 0.126. The summed E-state index contributed by atoms with van der Waals surface area (Å²) in [6, 6.07) is 7.80. The number of amides is 1. The molecule has 0 heterocycles. The van der Waals surface area contributed by atoms with Crippen LogP contribution in [0.1, 0.15) is 38.8 Å². The fourth-order valence-electron chi connectivity index (χ4n) is 2.07. The van der Waals surface area contributed by atoms with Crippen molar-refractivity contribution in [2.45, 2.75) is 38.8 Å². The maximum absolute atomic E-state index is 12.5. The van der Waals surface area contributed by atoms with Crippen LogP contribution in [0, 0.1) is 0 Å². The van der Waals surface area contributed by atoms with Crippen LogP contribution in [0.15, 0.2) is 54.0 Å². The first-order valence-corrected chi connectivity index (χ1v) is 8.04. The van der Waals surface area contributed by atoms with Gasteiger partial charge in [-0.3, -0.25) is 4.90 Å². The molecule has 0 aromatic heterocycles. The molecule has 0 radical (unpaired) electrons. The number of nitrogens with zero attached hydrogens (tertiary/aromatic N) is 1. The molecular formula is C18H24BrNO2. The highest BCUT2D eigenvalue weighted by atomic mass is 79.9. The lowest BCUT2D eigenvalue weighted by atomic mass is 10.0. The third-order valence-corrected chi connectivity index (χ3v) is 3.50. The molecular weight excluding hydrogens is 342 g/mol. The number of halogens is 1. The van der Waals surface area contributed by atoms with Crippen molar-refractivity contribution in [3.8, 4) is 0 Å². The van der Waals surface area contributed by atoms with Crippen LogP contribution in [0.4, 0.5) is 4.79 Å². The highest BCUT2D eigenvalue weighted by Gasteiger charge is 2.27. The SMILES string of the molecule is C=CCC(c1ccc(Br)cc1)N(CC=C)C(=O)OC(C)(C)C. The van der Waals surface area contributed by atoms with E-state index in [-0.39, 0.29) is 12.1 Å². The number of hydrogen-bond acceptors (Lipinski definition) is 2. The van der Waals surface area contributed by atoms with Crippen molar-refractivity contribution in [2.24, 2.45) is 0 Å². The zero-order chi connectivity index (χ0) is 16.8. The Morgan fingerprint density at radius 1 is 1.27 bits per heavy atom. The molecule has 22 heavy (non-hydrogen) atoms. The number of carbonyl (C=O) groups excluding carboxylic acids is 1. The van der Waals surface area contributed by atoms with E-state index < -0.39 is 5.60 Å². The zero-order valence-electron chi connectivity index (χ0n) is 13.5. The fraction of sp³-hybridized carbons (Fsp3) is 0.389. The Hall–Kier alpha value is -1.55. The van der Waals surface area contributed by atoms with Gasteiger partial charge in [0.1, 0.15) is 5.60 Å². The van der Waals surface area contributed by atoms with Crippen LogP contribution >= 0.6 is 15.9 Å². The van der Waals surface area contributed by atoms with Gasteiger partial charge >= 0.3 is 6.09 Å². The molecule has 120 valence electrons. The van der Waals surface area contributed by atoms with Crippen molar-refractivity contribution < 1.29 is 9.53 Å². The Morgan fingerprint density at radius 3 is 2.32 bits per heavy atom. The summed E-state index contributed by atoms with van der Waals surface area (Å²) in [5.74, 6) is 0. The molecule has 0 spiro atoms. The second-order valence-corrected chi connectivity index (χ2v) is 6.93. The van der Waals surface area contributed by atoms with Gasteiger partial charge in [-0.2, -0.15) is 0 Å². The van der Waals surface area contributed by atoms with Gasteiger partial charge < -0.3 is 4.74 Å². The Morgan fingerprint density at radius 2 is 1.86 bits per heavy atom. The minimum Gasteiger partial charge on any atom is -0.444 e. The normalized spacial score (nSPS) is 12.4. The molecule has 0 saturated carbocycles. The lowest BCUT2D eigenvalue weighted by Crippen LogP contribution is -2.39. The number of hydrogen-bond donors (Lipinski definition) is 0. The van der Waals surface area contributed by atoms with Gasteiger partial charge in [-0.05, 0) is 44.9 Å². The van der Waals surface area contributed by atoms with Gasteiger partial charge in [-0.25, -0.2) is 4.79 Å². The number of benzene rings is 1. The van der Waals surface area contributed by atoms with Crippen molar-refractivity contribution in [1.82, 2.24) is 4.90 Å². The van der Waals surface area contributed by atoms with Crippen molar-refractivity contribution in [3.05, 3.63) is 59.6 Å². The van der Waals surface area contributed by atoms with Gasteiger partial charge in [0.2, 0.25) is 0 Å². The minimum atomic E-state index is -0.533. The standard InChI is InChI=1S/C18H24BrNO2/c1-6-8-16(14-9-11-15(19)12-10-14)20(13-7-2)17(21)22-18(3,4)5/h6-7,9-12,16H,1-2,8,13H2,3-5H3. The average Bonchev–Trinajstić information content (AvgIpc) is 2.42. The summed E-state index contributed by atoms with van der Waals surface area (Å²) < 4.78 is 6.52. The highest BCUT2D eigenvalue weighted by Crippen LogP contribution is 2.28. The van der Waals surface area contributed by atoms with Crippen molar-refractivity contribution in [3.63, 3.8) is 0 Å². The van der Waals surface area contributed by atoms with Crippen molar-refractivity contribution in [2.75, 3.05) is 6.54 Å². The molecule has 3 nitrogen and oxygen atoms in total. The van der Waals surface area contributed by atoms with E-state index in [1.807, 2.05) is 51.1 Å². The molecule has 4 heteroatoms. The molecule has 0 aliphatic heterocycles. The number of carbonyl (C=O) groups is 1. The van der Waals surface area contributed by atoms with Crippen LogP contribution in [0.3, 0.4) is 0 Å². The molecule has 0 saturated heterocycles. The topological polar surface area (TPSA) is 29.5 Å². The first kappa shape index (κ1) is 18.5. The summed E-state index contributed by atoms with van der Waals surface area (Å²) in [5, 5.41) is 0. The molecule has 1 unspecified atom stereocenters. The predicted octanol–water partition coefficient (Wildman–Crippen LogP) is 5.49. The van der Waals surface area contributed by atoms with E-state index >= 15 is 0 Å². The van der Waals surface area contributed by atoms with E-state index in [9.17, 15) is 4.79 Å². The van der Waals surface area contributed by atoms with Crippen LogP contribution in [-0.2, 0) is 4.74 Å². The van der Waals surface area contributed by atoms with Crippen molar-refractivity contribution >= 4 is 22.0 Å². The molecule has 0 bridgehead atoms. The number of rotatable bonds is 6. The van der Waals surface area contributed by atoms with Gasteiger partial charge in [-0.1, -0.05) is 40.2 Å². The summed E-state index contributed by atoms with van der Waals surface area (Å²) >= 11 is 3.43. The summed E-state index contributed by atoms with van der Waals surface area (Å²) in [5.41, 5.74) is 0.505. The molecule has 0 N–H and O–H groups in total. The van der Waals surface area contributed by atoms with E-state index in [0.29, 0.717) is 13.0 Å². The lowest BCUT2D eigenvalue weighted by Gasteiger charge is -2.33. The van der Waals surface area contributed by atoms with Crippen LogP contribution in [0.5, 0.6) is 0 Å². The van der Waals surface area contributed by atoms with Gasteiger partial charge in [-0.15, -0.1) is 13.2 Å². The third kappa shape index (κ3) is 5.68. The van der Waals surface area contributed by atoms with Gasteiger partial charge in [0.25, 0.3) is 0 Å². The third-order valence-electron chi connectivity index (χ3n) is 2.97. The van der Waals surface area contributed by atoms with Crippen LogP contribution in [0.2, 0.25) is 0 Å². The Balaban J connectivity index is 3.10. The van der Waals surface area contributed by atoms with Gasteiger partial charge in [0.05, 0.1) is 6.04 Å². The van der Waals surface area contributed by atoms with E-state index in [2.05, 4.69) is 29.1 Å². The predicted molar refractivity (Wildman–Crippen MR) is 94.8 cm³/mol. The first-order chi connectivity index (χ1) is 10.3. The molecule has 1 amide bonds. The maximum Gasteiger partial charge on any atom is 0.411 e.